The van der Waals surface area contributed by atoms with Gasteiger partial charge in [-0.15, -0.1) is 0 Å². The number of carbonyl (C=O) groups is 2. The van der Waals surface area contributed by atoms with Crippen molar-refractivity contribution in [3.05, 3.63) is 64.9 Å². The first kappa shape index (κ1) is 21.7. The average Bonchev–Trinajstić information content (AvgIpc) is 3.15. The minimum atomic E-state index is -0.815. The zero-order valence-corrected chi connectivity index (χ0v) is 17.4. The van der Waals surface area contributed by atoms with Gasteiger partial charge in [0, 0.05) is 18.0 Å². The van der Waals surface area contributed by atoms with Crippen molar-refractivity contribution in [2.24, 2.45) is 10.8 Å². The summed E-state index contributed by atoms with van der Waals surface area (Å²) in [4.78, 5) is 26.6. The molecule has 2 aromatic carbocycles. The Hall–Kier alpha value is -2.97. The summed E-state index contributed by atoms with van der Waals surface area (Å²) in [6.07, 6.45) is 0.0667. The Morgan fingerprint density at radius 1 is 1.27 bits per heavy atom. The maximum Gasteiger partial charge on any atom is 0.267 e. The van der Waals surface area contributed by atoms with Crippen molar-refractivity contribution in [3.63, 3.8) is 0 Å². The van der Waals surface area contributed by atoms with E-state index in [4.69, 9.17) is 17.3 Å². The Bertz CT molecular complexity index is 964. The Morgan fingerprint density at radius 2 is 1.93 bits per heavy atom. The van der Waals surface area contributed by atoms with E-state index in [2.05, 4.69) is 10.4 Å². The van der Waals surface area contributed by atoms with Crippen molar-refractivity contribution in [3.8, 4) is 0 Å². The molecule has 0 saturated heterocycles. The van der Waals surface area contributed by atoms with Gasteiger partial charge in [-0.25, -0.2) is 4.39 Å². The molecular weight excluding hydrogens is 409 g/mol. The number of amides is 2. The van der Waals surface area contributed by atoms with Gasteiger partial charge in [-0.1, -0.05) is 29.8 Å². The summed E-state index contributed by atoms with van der Waals surface area (Å²) in [7, 11) is 3.79. The second-order valence-corrected chi connectivity index (χ2v) is 7.61. The standard InChI is InChI=1S/C21H23ClFN5O2/c1-27(2)19(15-5-3-4-6-16(15)22)12-25-21(30)17-11-18(20(24)29)28(26-17)14-9-7-13(23)8-10-14/h3-10,18-19H,11-12H2,1-2H3,(H2,24,29)(H,25,30)/t18-,19+/m1/s1. The summed E-state index contributed by atoms with van der Waals surface area (Å²) in [6.45, 7) is 0.298. The number of likely N-dealkylation sites (N-methyl/N-ethyl adjacent to an activating group) is 1. The van der Waals surface area contributed by atoms with Crippen LogP contribution < -0.4 is 16.1 Å². The summed E-state index contributed by atoms with van der Waals surface area (Å²) in [5.74, 6) is -1.43. The summed E-state index contributed by atoms with van der Waals surface area (Å²) < 4.78 is 13.2. The van der Waals surface area contributed by atoms with Crippen LogP contribution in [0.25, 0.3) is 0 Å². The molecule has 2 aromatic rings. The summed E-state index contributed by atoms with van der Waals surface area (Å²) in [5.41, 5.74) is 7.04. The molecule has 9 heteroatoms. The number of primary amides is 1. The molecule has 158 valence electrons. The molecule has 2 atom stereocenters. The van der Waals surface area contributed by atoms with Crippen LogP contribution >= 0.6 is 11.6 Å². The van der Waals surface area contributed by atoms with Crippen LogP contribution in [0, 0.1) is 5.82 Å². The molecule has 0 saturated carbocycles. The number of nitrogens with zero attached hydrogens (tertiary/aromatic N) is 3. The molecule has 0 fully saturated rings. The number of hydrazone groups is 1. The van der Waals surface area contributed by atoms with Gasteiger partial charge in [0.15, 0.2) is 0 Å². The van der Waals surface area contributed by atoms with Gasteiger partial charge in [0.2, 0.25) is 5.91 Å². The zero-order valence-electron chi connectivity index (χ0n) is 16.7. The quantitative estimate of drug-likeness (QED) is 0.703. The van der Waals surface area contributed by atoms with Gasteiger partial charge in [-0.3, -0.25) is 14.6 Å². The first-order chi connectivity index (χ1) is 14.3. The van der Waals surface area contributed by atoms with E-state index < -0.39 is 23.7 Å². The lowest BCUT2D eigenvalue weighted by atomic mass is 10.1. The Morgan fingerprint density at radius 3 is 2.53 bits per heavy atom. The van der Waals surface area contributed by atoms with Gasteiger partial charge in [-0.05, 0) is 50.0 Å². The number of benzene rings is 2. The molecule has 0 aliphatic carbocycles. The number of carbonyl (C=O) groups excluding carboxylic acids is 2. The highest BCUT2D eigenvalue weighted by molar-refractivity contribution is 6.40. The zero-order chi connectivity index (χ0) is 21.8. The van der Waals surface area contributed by atoms with Crippen LogP contribution in [0.1, 0.15) is 18.0 Å². The van der Waals surface area contributed by atoms with Crippen LogP contribution in [-0.4, -0.2) is 49.1 Å². The van der Waals surface area contributed by atoms with Crippen LogP contribution in [-0.2, 0) is 9.59 Å². The lowest BCUT2D eigenvalue weighted by molar-refractivity contribution is -0.119. The fourth-order valence-corrected chi connectivity index (χ4v) is 3.57. The fraction of sp³-hybridized carbons (Fsp3) is 0.286. The van der Waals surface area contributed by atoms with E-state index in [1.54, 1.807) is 6.07 Å². The first-order valence-corrected chi connectivity index (χ1v) is 9.76. The molecule has 7 nitrogen and oxygen atoms in total. The third-order valence-corrected chi connectivity index (χ3v) is 5.28. The highest BCUT2D eigenvalue weighted by atomic mass is 35.5. The Labute approximate surface area is 179 Å². The molecule has 0 unspecified atom stereocenters. The van der Waals surface area contributed by atoms with Gasteiger partial charge >= 0.3 is 0 Å². The van der Waals surface area contributed by atoms with E-state index >= 15 is 0 Å². The molecule has 1 aliphatic heterocycles. The molecule has 3 rings (SSSR count). The van der Waals surface area contributed by atoms with Crippen LogP contribution in [0.5, 0.6) is 0 Å². The van der Waals surface area contributed by atoms with Crippen molar-refractivity contribution in [2.75, 3.05) is 25.6 Å². The SMILES string of the molecule is CN(C)[C@@H](CNC(=O)C1=NN(c2ccc(F)cc2)[C@@H](C(N)=O)C1)c1ccccc1Cl. The van der Waals surface area contributed by atoms with E-state index in [1.165, 1.54) is 29.3 Å². The molecule has 0 bridgehead atoms. The van der Waals surface area contributed by atoms with Crippen molar-refractivity contribution in [1.29, 1.82) is 0 Å². The fourth-order valence-electron chi connectivity index (χ4n) is 3.31. The normalized spacial score (nSPS) is 17.0. The molecule has 1 heterocycles. The number of hydrogen-bond acceptors (Lipinski definition) is 5. The van der Waals surface area contributed by atoms with E-state index in [0.29, 0.717) is 17.3 Å². The minimum Gasteiger partial charge on any atom is -0.368 e. The third-order valence-electron chi connectivity index (χ3n) is 4.94. The van der Waals surface area contributed by atoms with Gasteiger partial charge in [0.05, 0.1) is 11.7 Å². The van der Waals surface area contributed by atoms with Crippen molar-refractivity contribution >= 4 is 34.8 Å². The second-order valence-electron chi connectivity index (χ2n) is 7.20. The van der Waals surface area contributed by atoms with Gasteiger partial charge in [0.1, 0.15) is 17.6 Å². The van der Waals surface area contributed by atoms with Gasteiger partial charge in [-0.2, -0.15) is 5.10 Å². The van der Waals surface area contributed by atoms with Crippen LogP contribution in [0.2, 0.25) is 5.02 Å². The van der Waals surface area contributed by atoms with Crippen LogP contribution in [0.4, 0.5) is 10.1 Å². The molecular formula is C21H23ClFN5O2. The highest BCUT2D eigenvalue weighted by Gasteiger charge is 2.35. The van der Waals surface area contributed by atoms with Crippen LogP contribution in [0.3, 0.4) is 0 Å². The summed E-state index contributed by atoms with van der Waals surface area (Å²) in [6, 6.07) is 12.0. The molecule has 0 spiro atoms. The minimum absolute atomic E-state index is 0.0667. The van der Waals surface area contributed by atoms with Crippen LogP contribution in [0.15, 0.2) is 53.6 Å². The number of nitrogens with two attached hydrogens (primary N) is 1. The third kappa shape index (κ3) is 4.77. The monoisotopic (exact) mass is 431 g/mol. The highest BCUT2D eigenvalue weighted by Crippen LogP contribution is 2.27. The summed E-state index contributed by atoms with van der Waals surface area (Å²) in [5, 5.41) is 9.11. The van der Waals surface area contributed by atoms with E-state index in [1.807, 2.05) is 37.2 Å². The molecule has 0 radical (unpaired) electrons. The Kier molecular flexibility index (Phi) is 6.69. The maximum atomic E-state index is 13.2. The predicted octanol–water partition coefficient (Wildman–Crippen LogP) is 2.32. The number of anilines is 1. The van der Waals surface area contributed by atoms with E-state index in [-0.39, 0.29) is 18.2 Å². The molecule has 0 aromatic heterocycles. The molecule has 3 N–H and O–H groups in total. The lowest BCUT2D eigenvalue weighted by Crippen LogP contribution is -2.40. The molecule has 1 aliphatic rings. The van der Waals surface area contributed by atoms with Gasteiger partial charge < -0.3 is 16.0 Å². The second kappa shape index (κ2) is 9.23. The predicted molar refractivity (Wildman–Crippen MR) is 115 cm³/mol. The number of halogens is 2. The number of rotatable bonds is 7. The smallest absolute Gasteiger partial charge is 0.267 e. The van der Waals surface area contributed by atoms with Crippen molar-refractivity contribution in [1.82, 2.24) is 10.2 Å². The number of nitrogens with one attached hydrogen (secondary N) is 1. The van der Waals surface area contributed by atoms with E-state index in [9.17, 15) is 14.0 Å². The van der Waals surface area contributed by atoms with Crippen molar-refractivity contribution in [2.45, 2.75) is 18.5 Å². The summed E-state index contributed by atoms with van der Waals surface area (Å²) >= 11 is 6.31. The maximum absolute atomic E-state index is 13.2. The number of hydrogen-bond donors (Lipinski definition) is 2. The topological polar surface area (TPSA) is 91.0 Å². The Balaban J connectivity index is 1.75. The van der Waals surface area contributed by atoms with E-state index in [0.717, 1.165) is 5.56 Å². The lowest BCUT2D eigenvalue weighted by Gasteiger charge is -2.25. The van der Waals surface area contributed by atoms with Crippen molar-refractivity contribution < 1.29 is 14.0 Å². The first-order valence-electron chi connectivity index (χ1n) is 9.38. The average molecular weight is 432 g/mol. The molecule has 30 heavy (non-hydrogen) atoms. The largest absolute Gasteiger partial charge is 0.368 e. The van der Waals surface area contributed by atoms with Gasteiger partial charge in [0.25, 0.3) is 5.91 Å². The molecule has 2 amide bonds.